The molecular weight excluding hydrogens is 328 g/mol. The number of hydrogen-bond acceptors (Lipinski definition) is 5. The number of benzene rings is 1. The first-order valence-corrected chi connectivity index (χ1v) is 8.71. The Bertz CT molecular complexity index is 604. The van der Waals surface area contributed by atoms with Gasteiger partial charge < -0.3 is 15.4 Å². The Hall–Kier alpha value is -1.31. The van der Waals surface area contributed by atoms with E-state index in [0.717, 1.165) is 12.7 Å². The van der Waals surface area contributed by atoms with E-state index in [1.165, 1.54) is 12.1 Å². The fourth-order valence-electron chi connectivity index (χ4n) is 2.21. The average molecular weight is 349 g/mol. The van der Waals surface area contributed by atoms with Gasteiger partial charge in [0.1, 0.15) is 5.75 Å². The summed E-state index contributed by atoms with van der Waals surface area (Å²) in [5, 5.41) is 0. The molecule has 1 aromatic rings. The van der Waals surface area contributed by atoms with Crippen LogP contribution >= 0.6 is 12.4 Å². The molecular formula is C14H21ClN2O4S. The minimum Gasteiger partial charge on any atom is -0.493 e. The zero-order chi connectivity index (χ0) is 15.5. The second-order valence-corrected chi connectivity index (χ2v) is 7.25. The van der Waals surface area contributed by atoms with Crippen LogP contribution in [0.25, 0.3) is 0 Å². The van der Waals surface area contributed by atoms with Crippen LogP contribution in [-0.4, -0.2) is 51.2 Å². The lowest BCUT2D eigenvalue weighted by molar-refractivity contribution is -0.130. The highest BCUT2D eigenvalue weighted by Crippen LogP contribution is 2.16. The number of amides is 1. The smallest absolute Gasteiger partial charge is 0.226 e. The van der Waals surface area contributed by atoms with E-state index in [2.05, 4.69) is 0 Å². The van der Waals surface area contributed by atoms with Gasteiger partial charge in [0.25, 0.3) is 0 Å². The zero-order valence-corrected chi connectivity index (χ0v) is 14.0. The topological polar surface area (TPSA) is 89.7 Å². The van der Waals surface area contributed by atoms with Crippen molar-refractivity contribution >= 4 is 28.2 Å². The molecule has 1 aromatic carbocycles. The number of nitrogens with two attached hydrogens (primary N) is 1. The molecule has 0 saturated carbocycles. The van der Waals surface area contributed by atoms with Gasteiger partial charge in [0.2, 0.25) is 5.91 Å². The van der Waals surface area contributed by atoms with E-state index < -0.39 is 9.84 Å². The second kappa shape index (κ2) is 7.80. The normalized spacial score (nSPS) is 17.9. The fourth-order valence-corrected chi connectivity index (χ4v) is 2.84. The third-order valence-electron chi connectivity index (χ3n) is 3.41. The Morgan fingerprint density at radius 2 is 2.00 bits per heavy atom. The molecule has 1 amide bonds. The van der Waals surface area contributed by atoms with Gasteiger partial charge >= 0.3 is 0 Å². The molecule has 22 heavy (non-hydrogen) atoms. The second-order valence-electron chi connectivity index (χ2n) is 5.23. The third-order valence-corrected chi connectivity index (χ3v) is 4.54. The minimum atomic E-state index is -3.20. The summed E-state index contributed by atoms with van der Waals surface area (Å²) in [7, 11) is -3.20. The van der Waals surface area contributed by atoms with Crippen molar-refractivity contribution in [1.29, 1.82) is 0 Å². The standard InChI is InChI=1S/C14H20N2O4S.ClH/c1-21(18,19)13-4-2-12(3-5-13)20-9-7-14(17)16-8-6-11(15)10-16;/h2-5,11H,6-10,15H2,1H3;1H/t11-;/m0./s1. The van der Waals surface area contributed by atoms with Crippen molar-refractivity contribution in [3.8, 4) is 5.75 Å². The molecule has 124 valence electrons. The highest BCUT2D eigenvalue weighted by molar-refractivity contribution is 7.90. The summed E-state index contributed by atoms with van der Waals surface area (Å²) < 4.78 is 28.1. The largest absolute Gasteiger partial charge is 0.493 e. The van der Waals surface area contributed by atoms with E-state index in [4.69, 9.17) is 10.5 Å². The Morgan fingerprint density at radius 3 is 2.50 bits per heavy atom. The van der Waals surface area contributed by atoms with Gasteiger partial charge in [0.15, 0.2) is 9.84 Å². The Morgan fingerprint density at radius 1 is 1.36 bits per heavy atom. The van der Waals surface area contributed by atoms with Gasteiger partial charge in [-0.1, -0.05) is 0 Å². The van der Waals surface area contributed by atoms with Crippen LogP contribution in [-0.2, 0) is 14.6 Å². The summed E-state index contributed by atoms with van der Waals surface area (Å²) in [6, 6.07) is 6.25. The lowest BCUT2D eigenvalue weighted by atomic mass is 10.3. The van der Waals surface area contributed by atoms with Gasteiger partial charge in [-0.05, 0) is 30.7 Å². The van der Waals surface area contributed by atoms with Crippen LogP contribution in [0.4, 0.5) is 0 Å². The van der Waals surface area contributed by atoms with E-state index >= 15 is 0 Å². The number of carbonyl (C=O) groups is 1. The number of halogens is 1. The predicted molar refractivity (Wildman–Crippen MR) is 86.1 cm³/mol. The van der Waals surface area contributed by atoms with Crippen molar-refractivity contribution in [3.05, 3.63) is 24.3 Å². The molecule has 8 heteroatoms. The van der Waals surface area contributed by atoms with Gasteiger partial charge in [0.05, 0.1) is 17.9 Å². The molecule has 0 bridgehead atoms. The summed E-state index contributed by atoms with van der Waals surface area (Å²) in [5.74, 6) is 0.587. The number of ether oxygens (including phenoxy) is 1. The molecule has 1 saturated heterocycles. The first-order valence-electron chi connectivity index (χ1n) is 6.82. The summed E-state index contributed by atoms with van der Waals surface area (Å²) in [4.78, 5) is 13.9. The number of rotatable bonds is 5. The summed E-state index contributed by atoms with van der Waals surface area (Å²) >= 11 is 0. The molecule has 6 nitrogen and oxygen atoms in total. The first-order chi connectivity index (χ1) is 9.86. The summed E-state index contributed by atoms with van der Waals surface area (Å²) in [5.41, 5.74) is 5.76. The van der Waals surface area contributed by atoms with Crippen molar-refractivity contribution in [2.24, 2.45) is 5.73 Å². The van der Waals surface area contributed by atoms with Gasteiger partial charge in [-0.3, -0.25) is 4.79 Å². The maximum atomic E-state index is 11.9. The number of carbonyl (C=O) groups excluding carboxylic acids is 1. The lowest BCUT2D eigenvalue weighted by Crippen LogP contribution is -2.32. The van der Waals surface area contributed by atoms with Crippen LogP contribution < -0.4 is 10.5 Å². The molecule has 0 aliphatic carbocycles. The highest BCUT2D eigenvalue weighted by atomic mass is 35.5. The molecule has 1 heterocycles. The monoisotopic (exact) mass is 348 g/mol. The molecule has 1 atom stereocenters. The van der Waals surface area contributed by atoms with Crippen LogP contribution in [0, 0.1) is 0 Å². The van der Waals surface area contributed by atoms with Crippen molar-refractivity contribution in [3.63, 3.8) is 0 Å². The molecule has 2 N–H and O–H groups in total. The molecule has 0 unspecified atom stereocenters. The number of hydrogen-bond donors (Lipinski definition) is 1. The van der Waals surface area contributed by atoms with Gasteiger partial charge in [-0.25, -0.2) is 8.42 Å². The third kappa shape index (κ3) is 5.15. The molecule has 1 aliphatic rings. The van der Waals surface area contributed by atoms with Crippen molar-refractivity contribution < 1.29 is 17.9 Å². The van der Waals surface area contributed by atoms with Crippen molar-refractivity contribution in [1.82, 2.24) is 4.90 Å². The Balaban J connectivity index is 0.00000242. The number of likely N-dealkylation sites (tertiary alicyclic amines) is 1. The fraction of sp³-hybridized carbons (Fsp3) is 0.500. The van der Waals surface area contributed by atoms with Crippen LogP contribution in [0.2, 0.25) is 0 Å². The van der Waals surface area contributed by atoms with Crippen molar-refractivity contribution in [2.45, 2.75) is 23.8 Å². The minimum absolute atomic E-state index is 0. The number of sulfone groups is 1. The van der Waals surface area contributed by atoms with E-state index in [1.54, 1.807) is 17.0 Å². The molecule has 0 aromatic heterocycles. The lowest BCUT2D eigenvalue weighted by Gasteiger charge is -2.15. The van der Waals surface area contributed by atoms with E-state index in [9.17, 15) is 13.2 Å². The zero-order valence-electron chi connectivity index (χ0n) is 12.4. The number of nitrogens with zero attached hydrogens (tertiary/aromatic N) is 1. The van der Waals surface area contributed by atoms with Crippen LogP contribution in [0.3, 0.4) is 0 Å². The van der Waals surface area contributed by atoms with Gasteiger partial charge in [-0.2, -0.15) is 0 Å². The Kier molecular flexibility index (Phi) is 6.65. The maximum absolute atomic E-state index is 11.9. The first kappa shape index (κ1) is 18.7. The predicted octanol–water partition coefficient (Wildman–Crippen LogP) is 0.840. The maximum Gasteiger partial charge on any atom is 0.226 e. The van der Waals surface area contributed by atoms with E-state index in [-0.39, 0.29) is 35.9 Å². The molecule has 2 rings (SSSR count). The quantitative estimate of drug-likeness (QED) is 0.851. The Labute approximate surface area is 136 Å². The average Bonchev–Trinajstić information content (AvgIpc) is 2.85. The SMILES string of the molecule is CS(=O)(=O)c1ccc(OCCC(=O)N2CC[C@H](N)C2)cc1.Cl. The molecule has 1 fully saturated rings. The van der Waals surface area contributed by atoms with Gasteiger partial charge in [0, 0.05) is 25.4 Å². The van der Waals surface area contributed by atoms with Crippen LogP contribution in [0.1, 0.15) is 12.8 Å². The van der Waals surface area contributed by atoms with E-state index in [0.29, 0.717) is 25.3 Å². The summed E-state index contributed by atoms with van der Waals surface area (Å²) in [6.07, 6.45) is 2.29. The van der Waals surface area contributed by atoms with Gasteiger partial charge in [-0.15, -0.1) is 12.4 Å². The summed E-state index contributed by atoms with van der Waals surface area (Å²) in [6.45, 7) is 1.59. The molecule has 1 aliphatic heterocycles. The van der Waals surface area contributed by atoms with Crippen LogP contribution in [0.15, 0.2) is 29.2 Å². The highest BCUT2D eigenvalue weighted by Gasteiger charge is 2.23. The molecule has 0 radical (unpaired) electrons. The van der Waals surface area contributed by atoms with Crippen LogP contribution in [0.5, 0.6) is 5.75 Å². The van der Waals surface area contributed by atoms with E-state index in [1.807, 2.05) is 0 Å². The molecule has 0 spiro atoms. The van der Waals surface area contributed by atoms with Crippen molar-refractivity contribution in [2.75, 3.05) is 26.0 Å².